The predicted octanol–water partition coefficient (Wildman–Crippen LogP) is 14.7. The fraction of sp³-hybridized carbons (Fsp3) is 0.0545. The van der Waals surface area contributed by atoms with E-state index in [0.29, 0.717) is 0 Å². The maximum Gasteiger partial charge on any atom is 0.0547 e. The maximum atomic E-state index is 2.45. The molecule has 0 unspecified atom stereocenters. The lowest BCUT2D eigenvalue weighted by Gasteiger charge is -2.22. The molecule has 0 saturated heterocycles. The van der Waals surface area contributed by atoms with Gasteiger partial charge in [0.15, 0.2) is 0 Å². The van der Waals surface area contributed by atoms with Crippen molar-refractivity contribution in [2.45, 2.75) is 19.3 Å². The van der Waals surface area contributed by atoms with Crippen molar-refractivity contribution in [3.8, 4) is 44.8 Å². The minimum atomic E-state index is -0.0541. The molecule has 0 N–H and O–H groups in total. The van der Waals surface area contributed by atoms with E-state index in [1.807, 2.05) is 0 Å². The second-order valence-corrected chi connectivity index (χ2v) is 16.2. The molecule has 0 amide bonds. The van der Waals surface area contributed by atoms with Crippen LogP contribution in [0.25, 0.3) is 99.1 Å². The first kappa shape index (κ1) is 32.1. The van der Waals surface area contributed by atoms with Crippen LogP contribution in [0.15, 0.2) is 194 Å². The topological polar surface area (TPSA) is 9.86 Å². The van der Waals surface area contributed by atoms with Crippen molar-refractivity contribution in [1.29, 1.82) is 0 Å². The molecule has 0 bridgehead atoms. The van der Waals surface area contributed by atoms with Gasteiger partial charge in [0.2, 0.25) is 0 Å². The molecule has 268 valence electrons. The molecule has 0 radical (unpaired) electrons. The van der Waals surface area contributed by atoms with E-state index in [-0.39, 0.29) is 5.41 Å². The monoisotopic (exact) mass is 726 g/mol. The Morgan fingerprint density at radius 3 is 1.63 bits per heavy atom. The number of fused-ring (bicyclic) bond motifs is 10. The Balaban J connectivity index is 0.935. The van der Waals surface area contributed by atoms with Crippen LogP contribution in [0.3, 0.4) is 0 Å². The summed E-state index contributed by atoms with van der Waals surface area (Å²) in [6.45, 7) is 4.71. The first-order chi connectivity index (χ1) is 28.0. The van der Waals surface area contributed by atoms with Crippen molar-refractivity contribution in [3.63, 3.8) is 0 Å². The van der Waals surface area contributed by atoms with E-state index in [9.17, 15) is 0 Å². The summed E-state index contributed by atoms with van der Waals surface area (Å²) in [4.78, 5) is 0. The molecule has 2 aromatic heterocycles. The number of rotatable bonds is 4. The summed E-state index contributed by atoms with van der Waals surface area (Å²) in [6, 6.07) is 71.9. The normalized spacial score (nSPS) is 13.2. The second-order valence-electron chi connectivity index (χ2n) is 16.2. The Bertz CT molecular complexity index is 3430. The summed E-state index contributed by atoms with van der Waals surface area (Å²) < 4.78 is 4.87. The summed E-state index contributed by atoms with van der Waals surface area (Å²) in [5.74, 6) is 0. The van der Waals surface area contributed by atoms with Gasteiger partial charge in [-0.2, -0.15) is 0 Å². The zero-order valence-corrected chi connectivity index (χ0v) is 31.9. The standard InChI is InChI=1S/C55H38N2/c1-55(2)49-16-8-5-13-43(49)44-29-27-42(34-50(44)55)56-52-18-10-7-15-46(52)48-32-39(25-30-53(48)56)36-19-21-37(22-20-36)40-24-28-47-45-14-6-9-17-51(45)57(54(47)33-40)41-26-23-35-11-3-4-12-38(35)31-41/h3-34H,1-2H3. The predicted molar refractivity (Wildman–Crippen MR) is 241 cm³/mol. The molecular formula is C55H38N2. The molecule has 57 heavy (non-hydrogen) atoms. The molecule has 11 aromatic rings. The lowest BCUT2D eigenvalue weighted by molar-refractivity contribution is 0.660. The van der Waals surface area contributed by atoms with E-state index in [4.69, 9.17) is 0 Å². The molecule has 1 aliphatic carbocycles. The van der Waals surface area contributed by atoms with Crippen molar-refractivity contribution in [3.05, 3.63) is 205 Å². The van der Waals surface area contributed by atoms with E-state index < -0.39 is 0 Å². The third-order valence-corrected chi connectivity index (χ3v) is 12.7. The van der Waals surface area contributed by atoms with E-state index in [1.54, 1.807) is 0 Å². The van der Waals surface area contributed by atoms with Gasteiger partial charge in [-0.25, -0.2) is 0 Å². The van der Waals surface area contributed by atoms with Crippen molar-refractivity contribution in [2.24, 2.45) is 0 Å². The van der Waals surface area contributed by atoms with E-state index in [0.717, 1.165) is 0 Å². The molecule has 2 nitrogen and oxygen atoms in total. The molecule has 9 aromatic carbocycles. The highest BCUT2D eigenvalue weighted by atomic mass is 15.0. The smallest absolute Gasteiger partial charge is 0.0547 e. The van der Waals surface area contributed by atoms with E-state index in [1.165, 1.54) is 110 Å². The largest absolute Gasteiger partial charge is 0.309 e. The van der Waals surface area contributed by atoms with Gasteiger partial charge in [0.25, 0.3) is 0 Å². The lowest BCUT2D eigenvalue weighted by Crippen LogP contribution is -2.15. The van der Waals surface area contributed by atoms with Crippen LogP contribution in [0.2, 0.25) is 0 Å². The number of hydrogen-bond acceptors (Lipinski definition) is 0. The Morgan fingerprint density at radius 1 is 0.316 bits per heavy atom. The van der Waals surface area contributed by atoms with Crippen LogP contribution in [-0.4, -0.2) is 9.13 Å². The molecular weight excluding hydrogens is 689 g/mol. The number of nitrogens with zero attached hydrogens (tertiary/aromatic N) is 2. The lowest BCUT2D eigenvalue weighted by atomic mass is 9.82. The molecule has 0 fully saturated rings. The molecule has 0 spiro atoms. The minimum Gasteiger partial charge on any atom is -0.309 e. The summed E-state index contributed by atoms with van der Waals surface area (Å²) in [7, 11) is 0. The molecule has 2 heteroatoms. The van der Waals surface area contributed by atoms with Gasteiger partial charge < -0.3 is 9.13 Å². The molecule has 1 aliphatic rings. The summed E-state index contributed by atoms with van der Waals surface area (Å²) >= 11 is 0. The minimum absolute atomic E-state index is 0.0541. The Labute approximate surface area is 331 Å². The Morgan fingerprint density at radius 2 is 0.842 bits per heavy atom. The molecule has 0 aliphatic heterocycles. The summed E-state index contributed by atoms with van der Waals surface area (Å²) in [5, 5.41) is 7.56. The van der Waals surface area contributed by atoms with Crippen LogP contribution in [0, 0.1) is 0 Å². The van der Waals surface area contributed by atoms with Gasteiger partial charge in [-0.05, 0) is 110 Å². The number of aromatic nitrogens is 2. The first-order valence-corrected chi connectivity index (χ1v) is 19.9. The molecule has 2 heterocycles. The van der Waals surface area contributed by atoms with Gasteiger partial charge in [-0.1, -0.05) is 153 Å². The fourth-order valence-corrected chi connectivity index (χ4v) is 9.86. The third-order valence-electron chi connectivity index (χ3n) is 12.7. The van der Waals surface area contributed by atoms with Crippen LogP contribution in [-0.2, 0) is 5.41 Å². The van der Waals surface area contributed by atoms with Gasteiger partial charge in [-0.3, -0.25) is 0 Å². The van der Waals surface area contributed by atoms with Gasteiger partial charge in [0.1, 0.15) is 0 Å². The fourth-order valence-electron chi connectivity index (χ4n) is 9.86. The number of benzene rings is 9. The van der Waals surface area contributed by atoms with Crippen LogP contribution in [0.4, 0.5) is 0 Å². The van der Waals surface area contributed by atoms with Crippen LogP contribution in [0.5, 0.6) is 0 Å². The maximum absolute atomic E-state index is 2.45. The zero-order valence-electron chi connectivity index (χ0n) is 31.9. The number of para-hydroxylation sites is 2. The number of hydrogen-bond donors (Lipinski definition) is 0. The van der Waals surface area contributed by atoms with Crippen molar-refractivity contribution < 1.29 is 0 Å². The Hall–Kier alpha value is -7.16. The molecule has 0 saturated carbocycles. The first-order valence-electron chi connectivity index (χ1n) is 19.9. The zero-order chi connectivity index (χ0) is 37.8. The summed E-state index contributed by atoms with van der Waals surface area (Å²) in [5.41, 5.74) is 17.5. The van der Waals surface area contributed by atoms with Crippen molar-refractivity contribution in [2.75, 3.05) is 0 Å². The van der Waals surface area contributed by atoms with Crippen molar-refractivity contribution >= 4 is 54.4 Å². The second kappa shape index (κ2) is 11.9. The van der Waals surface area contributed by atoms with Gasteiger partial charge in [0.05, 0.1) is 22.1 Å². The van der Waals surface area contributed by atoms with Gasteiger partial charge in [-0.15, -0.1) is 0 Å². The quantitative estimate of drug-likeness (QED) is 0.171. The Kier molecular flexibility index (Phi) is 6.72. The van der Waals surface area contributed by atoms with Crippen LogP contribution < -0.4 is 0 Å². The molecule has 0 atom stereocenters. The highest BCUT2D eigenvalue weighted by Gasteiger charge is 2.35. The van der Waals surface area contributed by atoms with E-state index in [2.05, 4.69) is 217 Å². The average Bonchev–Trinajstić information content (AvgIpc) is 3.86. The van der Waals surface area contributed by atoms with Gasteiger partial charge in [0, 0.05) is 38.3 Å². The SMILES string of the molecule is CC1(C)c2ccccc2-c2ccc(-n3c4ccccc4c4cc(-c5ccc(-c6ccc7c8ccccc8n(-c8ccc9ccccc9c8)c7c6)cc5)ccc43)cc21. The highest BCUT2D eigenvalue weighted by molar-refractivity contribution is 6.12. The average molecular weight is 727 g/mol. The summed E-state index contributed by atoms with van der Waals surface area (Å²) in [6.07, 6.45) is 0. The van der Waals surface area contributed by atoms with Crippen molar-refractivity contribution in [1.82, 2.24) is 9.13 Å². The molecule has 12 rings (SSSR count). The highest BCUT2D eigenvalue weighted by Crippen LogP contribution is 2.49. The van der Waals surface area contributed by atoms with Gasteiger partial charge >= 0.3 is 0 Å². The van der Waals surface area contributed by atoms with E-state index >= 15 is 0 Å². The third kappa shape index (κ3) is 4.71. The van der Waals surface area contributed by atoms with Crippen LogP contribution in [0.1, 0.15) is 25.0 Å². The van der Waals surface area contributed by atoms with Crippen LogP contribution >= 0.6 is 0 Å².